The summed E-state index contributed by atoms with van der Waals surface area (Å²) in [6.07, 6.45) is -6.11. The van der Waals surface area contributed by atoms with E-state index in [1.165, 1.54) is 0 Å². The van der Waals surface area contributed by atoms with Gasteiger partial charge in [-0.15, -0.1) is 0 Å². The van der Waals surface area contributed by atoms with Gasteiger partial charge in [0.15, 0.2) is 0 Å². The summed E-state index contributed by atoms with van der Waals surface area (Å²) in [5.74, 6) is -5.74. The maximum Gasteiger partial charge on any atom is 0.471 e. The standard InChI is InChI=1S/C19H14F6N2O3/c20-18(21,22)11-2-1-3-12(7-11)26(17(30)19(23,24)25)8-27-15(28)13-9-4-5-10(6-9)14(13)16(27)29/h1-5,7,9-10,13-14H,6,8H2. The van der Waals surface area contributed by atoms with E-state index in [2.05, 4.69) is 0 Å². The van der Waals surface area contributed by atoms with Gasteiger partial charge >= 0.3 is 18.3 Å². The maximum atomic E-state index is 13.1. The first-order chi connectivity index (χ1) is 13.9. The Labute approximate surface area is 165 Å². The highest BCUT2D eigenvalue weighted by molar-refractivity contribution is 6.07. The summed E-state index contributed by atoms with van der Waals surface area (Å²) < 4.78 is 78.4. The Kier molecular flexibility index (Phi) is 4.48. The maximum absolute atomic E-state index is 13.1. The molecule has 30 heavy (non-hydrogen) atoms. The summed E-state index contributed by atoms with van der Waals surface area (Å²) in [5, 5.41) is 0. The van der Waals surface area contributed by atoms with E-state index in [9.17, 15) is 40.7 Å². The van der Waals surface area contributed by atoms with E-state index < -0.39 is 59.8 Å². The van der Waals surface area contributed by atoms with Crippen LogP contribution in [0.2, 0.25) is 0 Å². The second kappa shape index (κ2) is 6.58. The fraction of sp³-hybridized carbons (Fsp3) is 0.421. The molecule has 4 unspecified atom stereocenters. The lowest BCUT2D eigenvalue weighted by Gasteiger charge is -2.29. The Morgan fingerprint density at radius 2 is 1.57 bits per heavy atom. The third-order valence-corrected chi connectivity index (χ3v) is 5.82. The molecule has 0 spiro atoms. The molecule has 1 saturated heterocycles. The van der Waals surface area contributed by atoms with Gasteiger partial charge in [-0.1, -0.05) is 18.2 Å². The van der Waals surface area contributed by atoms with Crippen LogP contribution in [-0.4, -0.2) is 35.5 Å². The highest BCUT2D eigenvalue weighted by Crippen LogP contribution is 2.52. The van der Waals surface area contributed by atoms with Crippen molar-refractivity contribution in [3.05, 3.63) is 42.0 Å². The largest absolute Gasteiger partial charge is 0.471 e. The minimum atomic E-state index is -5.42. The first kappa shape index (κ1) is 20.4. The number of rotatable bonds is 3. The topological polar surface area (TPSA) is 57.7 Å². The van der Waals surface area contributed by atoms with Gasteiger partial charge in [-0.05, 0) is 36.5 Å². The van der Waals surface area contributed by atoms with Crippen LogP contribution in [0.3, 0.4) is 0 Å². The van der Waals surface area contributed by atoms with Gasteiger partial charge in [0.2, 0.25) is 11.8 Å². The number of nitrogens with zero attached hydrogens (tertiary/aromatic N) is 2. The number of carbonyl (C=O) groups excluding carboxylic acids is 3. The van der Waals surface area contributed by atoms with Gasteiger partial charge in [-0.25, -0.2) is 0 Å². The van der Waals surface area contributed by atoms with Gasteiger partial charge in [0.25, 0.3) is 0 Å². The molecule has 0 radical (unpaired) electrons. The quantitative estimate of drug-likeness (QED) is 0.418. The van der Waals surface area contributed by atoms with E-state index in [1.807, 2.05) is 0 Å². The molecule has 0 aromatic heterocycles. The van der Waals surface area contributed by atoms with Crippen LogP contribution in [0, 0.1) is 23.7 Å². The number of hydrogen-bond donors (Lipinski definition) is 0. The fourth-order valence-corrected chi connectivity index (χ4v) is 4.51. The molecule has 1 heterocycles. The number of hydrogen-bond acceptors (Lipinski definition) is 3. The highest BCUT2D eigenvalue weighted by Gasteiger charge is 2.60. The third-order valence-electron chi connectivity index (χ3n) is 5.82. The number of amides is 3. The number of anilines is 1. The smallest absolute Gasteiger partial charge is 0.286 e. The molecule has 1 aromatic carbocycles. The number of carbonyl (C=O) groups is 3. The van der Waals surface area contributed by atoms with Gasteiger partial charge in [0.1, 0.15) is 6.67 Å². The molecule has 3 aliphatic rings. The SMILES string of the molecule is O=C1C2C3C=CC(C3)C2C(=O)N1CN(C(=O)C(F)(F)F)c1cccc(C(F)(F)F)c1. The first-order valence-electron chi connectivity index (χ1n) is 8.99. The molecule has 4 rings (SSSR count). The monoisotopic (exact) mass is 432 g/mol. The van der Waals surface area contributed by atoms with Crippen molar-refractivity contribution in [3.8, 4) is 0 Å². The molecular formula is C19H14F6N2O3. The van der Waals surface area contributed by atoms with E-state index in [1.54, 1.807) is 12.2 Å². The van der Waals surface area contributed by atoms with E-state index in [-0.39, 0.29) is 16.7 Å². The van der Waals surface area contributed by atoms with Crippen molar-refractivity contribution in [2.24, 2.45) is 23.7 Å². The molecule has 160 valence electrons. The Morgan fingerprint density at radius 1 is 1.00 bits per heavy atom. The number of alkyl halides is 6. The molecular weight excluding hydrogens is 418 g/mol. The number of halogens is 6. The van der Waals surface area contributed by atoms with Crippen LogP contribution in [0.15, 0.2) is 36.4 Å². The van der Waals surface area contributed by atoms with Crippen molar-refractivity contribution < 1.29 is 40.7 Å². The lowest BCUT2D eigenvalue weighted by Crippen LogP contribution is -2.49. The van der Waals surface area contributed by atoms with Crippen molar-refractivity contribution in [1.29, 1.82) is 0 Å². The van der Waals surface area contributed by atoms with Crippen LogP contribution < -0.4 is 4.90 Å². The molecule has 2 fully saturated rings. The van der Waals surface area contributed by atoms with Crippen LogP contribution in [0.25, 0.3) is 0 Å². The Balaban J connectivity index is 1.68. The molecule has 1 aromatic rings. The molecule has 1 aliphatic heterocycles. The van der Waals surface area contributed by atoms with Gasteiger partial charge < -0.3 is 0 Å². The minimum Gasteiger partial charge on any atom is -0.286 e. The normalized spacial score (nSPS) is 27.7. The Bertz CT molecular complexity index is 924. The van der Waals surface area contributed by atoms with Crippen molar-refractivity contribution in [1.82, 2.24) is 4.90 Å². The highest BCUT2D eigenvalue weighted by atomic mass is 19.4. The molecule has 3 amide bonds. The summed E-state index contributed by atoms with van der Waals surface area (Å²) in [4.78, 5) is 38.0. The average Bonchev–Trinajstić information content (AvgIpc) is 3.33. The van der Waals surface area contributed by atoms with E-state index in [0.29, 0.717) is 23.5 Å². The van der Waals surface area contributed by atoms with E-state index >= 15 is 0 Å². The first-order valence-corrected chi connectivity index (χ1v) is 8.99. The van der Waals surface area contributed by atoms with Crippen molar-refractivity contribution in [2.75, 3.05) is 11.6 Å². The van der Waals surface area contributed by atoms with Crippen molar-refractivity contribution in [2.45, 2.75) is 18.8 Å². The average molecular weight is 432 g/mol. The second-order valence-electron chi connectivity index (χ2n) is 7.52. The number of imide groups is 1. The molecule has 2 aliphatic carbocycles. The lowest BCUT2D eigenvalue weighted by molar-refractivity contribution is -0.171. The Morgan fingerprint density at radius 3 is 2.07 bits per heavy atom. The van der Waals surface area contributed by atoms with Gasteiger partial charge in [-0.2, -0.15) is 26.3 Å². The fourth-order valence-electron chi connectivity index (χ4n) is 4.51. The van der Waals surface area contributed by atoms with Gasteiger partial charge in [0, 0.05) is 5.69 Å². The summed E-state index contributed by atoms with van der Waals surface area (Å²) in [5.41, 5.74) is -1.98. The summed E-state index contributed by atoms with van der Waals surface area (Å²) in [7, 11) is 0. The van der Waals surface area contributed by atoms with E-state index in [4.69, 9.17) is 0 Å². The Hall–Kier alpha value is -2.85. The van der Waals surface area contributed by atoms with Crippen LogP contribution in [0.5, 0.6) is 0 Å². The zero-order valence-electron chi connectivity index (χ0n) is 15.1. The summed E-state index contributed by atoms with van der Waals surface area (Å²) >= 11 is 0. The van der Waals surface area contributed by atoms with Crippen LogP contribution in [0.4, 0.5) is 32.0 Å². The summed E-state index contributed by atoms with van der Waals surface area (Å²) in [6, 6.07) is 2.75. The zero-order valence-corrected chi connectivity index (χ0v) is 15.1. The molecule has 5 nitrogen and oxygen atoms in total. The lowest BCUT2D eigenvalue weighted by atomic mass is 9.85. The van der Waals surface area contributed by atoms with Crippen molar-refractivity contribution >= 4 is 23.4 Å². The van der Waals surface area contributed by atoms with Crippen LogP contribution >= 0.6 is 0 Å². The predicted molar refractivity (Wildman–Crippen MR) is 89.4 cm³/mol. The van der Waals surface area contributed by atoms with Crippen LogP contribution in [0.1, 0.15) is 12.0 Å². The molecule has 2 bridgehead atoms. The van der Waals surface area contributed by atoms with Gasteiger partial charge in [-0.3, -0.25) is 24.2 Å². The predicted octanol–water partition coefficient (Wildman–Crippen LogP) is 3.37. The molecule has 1 saturated carbocycles. The number of likely N-dealkylation sites (tertiary alicyclic amines) is 1. The number of fused-ring (bicyclic) bond motifs is 5. The third kappa shape index (κ3) is 3.16. The minimum absolute atomic E-state index is 0.0125. The van der Waals surface area contributed by atoms with E-state index in [0.717, 1.165) is 12.1 Å². The molecule has 0 N–H and O–H groups in total. The van der Waals surface area contributed by atoms with Crippen molar-refractivity contribution in [3.63, 3.8) is 0 Å². The zero-order chi connectivity index (χ0) is 22.0. The second-order valence-corrected chi connectivity index (χ2v) is 7.52. The number of benzene rings is 1. The molecule has 4 atom stereocenters. The van der Waals surface area contributed by atoms with Crippen LogP contribution in [-0.2, 0) is 20.6 Å². The summed E-state index contributed by atoms with van der Waals surface area (Å²) in [6.45, 7) is -1.11. The number of allylic oxidation sites excluding steroid dienone is 2. The van der Waals surface area contributed by atoms with Gasteiger partial charge in [0.05, 0.1) is 17.4 Å². The molecule has 11 heteroatoms.